The maximum Gasteiger partial charge on any atom is 0.276 e. The molecule has 0 aromatic carbocycles. The van der Waals surface area contributed by atoms with Gasteiger partial charge in [-0.1, -0.05) is 0 Å². The summed E-state index contributed by atoms with van der Waals surface area (Å²) in [6.45, 7) is 2.57. The van der Waals surface area contributed by atoms with Gasteiger partial charge in [0.05, 0.1) is 0 Å². The molecule has 0 saturated carbocycles. The van der Waals surface area contributed by atoms with Crippen LogP contribution in [0.4, 0.5) is 0 Å². The molecular weight excluding hydrogens is 216 g/mol. The first-order valence-electron chi connectivity index (χ1n) is 4.82. The highest BCUT2D eigenvalue weighted by Crippen LogP contribution is 2.21. The van der Waals surface area contributed by atoms with E-state index >= 15 is 0 Å². The van der Waals surface area contributed by atoms with Crippen LogP contribution in [0.5, 0.6) is 0 Å². The summed E-state index contributed by atoms with van der Waals surface area (Å²) in [5.41, 5.74) is 5.67. The fourth-order valence-electron chi connectivity index (χ4n) is 1.65. The molecule has 2 N–H and O–H groups in total. The minimum absolute atomic E-state index is 0.00843. The van der Waals surface area contributed by atoms with Crippen molar-refractivity contribution in [3.8, 4) is 0 Å². The van der Waals surface area contributed by atoms with E-state index in [1.165, 1.54) is 10.4 Å². The zero-order valence-corrected chi connectivity index (χ0v) is 9.33. The lowest BCUT2D eigenvalue weighted by Crippen LogP contribution is -2.31. The Labute approximate surface area is 88.9 Å². The lowest BCUT2D eigenvalue weighted by atomic mass is 10.3. The van der Waals surface area contributed by atoms with Gasteiger partial charge in [0.15, 0.2) is 0 Å². The van der Waals surface area contributed by atoms with Crippen LogP contribution in [-0.4, -0.2) is 31.9 Å². The summed E-state index contributed by atoms with van der Waals surface area (Å²) >= 11 is 0. The highest BCUT2D eigenvalue weighted by molar-refractivity contribution is 7.89. The molecule has 2 heterocycles. The Morgan fingerprint density at radius 1 is 1.53 bits per heavy atom. The lowest BCUT2D eigenvalue weighted by molar-refractivity contribution is 0.397. The van der Waals surface area contributed by atoms with E-state index in [4.69, 9.17) is 10.2 Å². The maximum atomic E-state index is 12.0. The van der Waals surface area contributed by atoms with Gasteiger partial charge in [-0.25, -0.2) is 8.42 Å². The molecule has 2 rings (SSSR count). The average Bonchev–Trinajstić information content (AvgIpc) is 2.74. The smallest absolute Gasteiger partial charge is 0.276 e. The fraction of sp³-hybridized carbons (Fsp3) is 0.556. The van der Waals surface area contributed by atoms with Crippen molar-refractivity contribution in [2.24, 2.45) is 5.73 Å². The van der Waals surface area contributed by atoms with E-state index in [9.17, 15) is 8.42 Å². The second kappa shape index (κ2) is 3.62. The van der Waals surface area contributed by atoms with E-state index in [0.29, 0.717) is 25.3 Å². The van der Waals surface area contributed by atoms with Crippen LogP contribution in [0.25, 0.3) is 0 Å². The largest absolute Gasteiger partial charge is 0.449 e. The first-order chi connectivity index (χ1) is 7.00. The molecule has 1 aliphatic rings. The molecule has 1 fully saturated rings. The van der Waals surface area contributed by atoms with Gasteiger partial charge < -0.3 is 10.2 Å². The zero-order chi connectivity index (χ0) is 11.1. The van der Waals surface area contributed by atoms with Gasteiger partial charge in [-0.3, -0.25) is 0 Å². The second-order valence-electron chi connectivity index (χ2n) is 3.78. The summed E-state index contributed by atoms with van der Waals surface area (Å²) in [6, 6.07) is 3.06. The van der Waals surface area contributed by atoms with Crippen LogP contribution in [0.3, 0.4) is 0 Å². The summed E-state index contributed by atoms with van der Waals surface area (Å²) in [5.74, 6) is 0.595. The van der Waals surface area contributed by atoms with Gasteiger partial charge in [0.2, 0.25) is 5.09 Å². The molecule has 0 spiro atoms. The van der Waals surface area contributed by atoms with E-state index in [2.05, 4.69) is 0 Å². The van der Waals surface area contributed by atoms with Crippen LogP contribution in [0.2, 0.25) is 0 Å². The second-order valence-corrected chi connectivity index (χ2v) is 5.65. The number of hydrogen-bond acceptors (Lipinski definition) is 4. The predicted molar refractivity (Wildman–Crippen MR) is 54.8 cm³/mol. The van der Waals surface area contributed by atoms with Crippen molar-refractivity contribution in [3.63, 3.8) is 0 Å². The number of nitrogens with zero attached hydrogens (tertiary/aromatic N) is 1. The van der Waals surface area contributed by atoms with Crippen LogP contribution in [0, 0.1) is 6.92 Å². The number of aryl methyl sites for hydroxylation is 1. The van der Waals surface area contributed by atoms with E-state index < -0.39 is 10.0 Å². The van der Waals surface area contributed by atoms with Crippen LogP contribution < -0.4 is 5.73 Å². The molecule has 0 bridgehead atoms. The third-order valence-electron chi connectivity index (χ3n) is 2.50. The average molecular weight is 230 g/mol. The molecule has 0 aliphatic carbocycles. The molecule has 1 aromatic heterocycles. The summed E-state index contributed by atoms with van der Waals surface area (Å²) in [4.78, 5) is 0. The lowest BCUT2D eigenvalue weighted by Gasteiger charge is -2.13. The Morgan fingerprint density at radius 3 is 2.73 bits per heavy atom. The number of rotatable bonds is 2. The summed E-state index contributed by atoms with van der Waals surface area (Å²) in [5, 5.41) is 0.00843. The molecule has 1 aliphatic heterocycles. The Morgan fingerprint density at radius 2 is 2.27 bits per heavy atom. The number of nitrogens with two attached hydrogens (primary N) is 1. The zero-order valence-electron chi connectivity index (χ0n) is 8.51. The Balaban J connectivity index is 2.27. The first-order valence-corrected chi connectivity index (χ1v) is 6.26. The minimum Gasteiger partial charge on any atom is -0.449 e. The third-order valence-corrected chi connectivity index (χ3v) is 4.24. The molecule has 1 saturated heterocycles. The molecule has 5 nitrogen and oxygen atoms in total. The Bertz CT molecular complexity index is 452. The molecule has 1 atom stereocenters. The number of furan rings is 1. The molecule has 84 valence electrons. The highest BCUT2D eigenvalue weighted by atomic mass is 32.2. The van der Waals surface area contributed by atoms with Gasteiger partial charge in [-0.15, -0.1) is 0 Å². The predicted octanol–water partition coefficient (Wildman–Crippen LogP) is 0.310. The monoisotopic (exact) mass is 230 g/mol. The summed E-state index contributed by atoms with van der Waals surface area (Å²) in [6.07, 6.45) is 0.707. The normalized spacial score (nSPS) is 23.5. The van der Waals surface area contributed by atoms with Crippen LogP contribution >= 0.6 is 0 Å². The standard InChI is InChI=1S/C9H14N2O3S/c1-7-2-3-9(14-7)15(12,13)11-5-4-8(10)6-11/h2-3,8H,4-6,10H2,1H3. The Kier molecular flexibility index (Phi) is 2.57. The molecule has 1 aromatic rings. The van der Waals surface area contributed by atoms with Crippen molar-refractivity contribution in [1.82, 2.24) is 4.31 Å². The summed E-state index contributed by atoms with van der Waals surface area (Å²) in [7, 11) is -3.46. The topological polar surface area (TPSA) is 76.5 Å². The first kappa shape index (κ1) is 10.7. The van der Waals surface area contributed by atoms with Gasteiger partial charge in [-0.05, 0) is 25.5 Å². The number of hydrogen-bond donors (Lipinski definition) is 1. The number of sulfonamides is 1. The molecule has 1 unspecified atom stereocenters. The summed E-state index contributed by atoms with van der Waals surface area (Å²) < 4.78 is 30.4. The fourth-order valence-corrected chi connectivity index (χ4v) is 3.11. The van der Waals surface area contributed by atoms with Gasteiger partial charge in [0.25, 0.3) is 10.0 Å². The van der Waals surface area contributed by atoms with Crippen molar-refractivity contribution in [2.75, 3.05) is 13.1 Å². The van der Waals surface area contributed by atoms with E-state index in [0.717, 1.165) is 0 Å². The van der Waals surface area contributed by atoms with E-state index in [1.807, 2.05) is 0 Å². The van der Waals surface area contributed by atoms with Gasteiger partial charge in [0.1, 0.15) is 5.76 Å². The molecular formula is C9H14N2O3S. The van der Waals surface area contributed by atoms with Crippen molar-refractivity contribution >= 4 is 10.0 Å². The van der Waals surface area contributed by atoms with Gasteiger partial charge in [0, 0.05) is 19.1 Å². The van der Waals surface area contributed by atoms with Crippen molar-refractivity contribution < 1.29 is 12.8 Å². The third kappa shape index (κ3) is 1.92. The maximum absolute atomic E-state index is 12.0. The van der Waals surface area contributed by atoms with E-state index in [-0.39, 0.29) is 11.1 Å². The molecule has 0 amide bonds. The minimum atomic E-state index is -3.46. The van der Waals surface area contributed by atoms with Crippen molar-refractivity contribution in [2.45, 2.75) is 24.5 Å². The van der Waals surface area contributed by atoms with Crippen molar-refractivity contribution in [1.29, 1.82) is 0 Å². The van der Waals surface area contributed by atoms with E-state index in [1.54, 1.807) is 13.0 Å². The molecule has 6 heteroatoms. The molecule has 15 heavy (non-hydrogen) atoms. The quantitative estimate of drug-likeness (QED) is 0.793. The molecule has 0 radical (unpaired) electrons. The highest BCUT2D eigenvalue weighted by Gasteiger charge is 2.32. The van der Waals surface area contributed by atoms with Crippen LogP contribution in [0.1, 0.15) is 12.2 Å². The SMILES string of the molecule is Cc1ccc(S(=O)(=O)N2CCC(N)C2)o1. The Hall–Kier alpha value is -0.850. The van der Waals surface area contributed by atoms with Gasteiger partial charge in [-0.2, -0.15) is 4.31 Å². The van der Waals surface area contributed by atoms with Crippen LogP contribution in [0.15, 0.2) is 21.6 Å². The van der Waals surface area contributed by atoms with Crippen LogP contribution in [-0.2, 0) is 10.0 Å². The van der Waals surface area contributed by atoms with Crippen molar-refractivity contribution in [3.05, 3.63) is 17.9 Å². The van der Waals surface area contributed by atoms with Gasteiger partial charge >= 0.3 is 0 Å².